The molecule has 0 aliphatic carbocycles. The van der Waals surface area contributed by atoms with Gasteiger partial charge in [0.2, 0.25) is 0 Å². The summed E-state index contributed by atoms with van der Waals surface area (Å²) in [6.45, 7) is 7.61. The summed E-state index contributed by atoms with van der Waals surface area (Å²) in [5.74, 6) is 0.652. The first kappa shape index (κ1) is 19.2. The van der Waals surface area contributed by atoms with Gasteiger partial charge in [0.25, 0.3) is 0 Å². The number of morpholine rings is 1. The van der Waals surface area contributed by atoms with Crippen LogP contribution in [0.3, 0.4) is 0 Å². The van der Waals surface area contributed by atoms with Gasteiger partial charge in [-0.1, -0.05) is 0 Å². The van der Waals surface area contributed by atoms with Crippen molar-refractivity contribution in [2.75, 3.05) is 37.8 Å². The first-order valence-electron chi connectivity index (χ1n) is 9.24. The number of nitrogen functional groups attached to an aromatic ring is 2. The van der Waals surface area contributed by atoms with Crippen LogP contribution < -0.4 is 16.2 Å². The van der Waals surface area contributed by atoms with Crippen LogP contribution in [0.1, 0.15) is 29.8 Å². The van der Waals surface area contributed by atoms with Crippen LogP contribution in [0.2, 0.25) is 0 Å². The van der Waals surface area contributed by atoms with E-state index in [9.17, 15) is 4.79 Å². The third-order valence-corrected chi connectivity index (χ3v) is 5.09. The van der Waals surface area contributed by atoms with Crippen molar-refractivity contribution in [3.05, 3.63) is 53.6 Å². The molecule has 1 aliphatic heterocycles. The summed E-state index contributed by atoms with van der Waals surface area (Å²) in [5.41, 5.74) is 13.5. The monoisotopic (exact) mass is 369 g/mol. The zero-order valence-corrected chi connectivity index (χ0v) is 15.9. The van der Waals surface area contributed by atoms with Crippen LogP contribution in [0.5, 0.6) is 5.75 Å². The molecule has 27 heavy (non-hydrogen) atoms. The van der Waals surface area contributed by atoms with Crippen LogP contribution in [0.15, 0.2) is 42.5 Å². The molecule has 0 saturated carbocycles. The van der Waals surface area contributed by atoms with Crippen molar-refractivity contribution in [3.8, 4) is 5.75 Å². The van der Waals surface area contributed by atoms with Gasteiger partial charge in [-0.25, -0.2) is 0 Å². The van der Waals surface area contributed by atoms with Crippen molar-refractivity contribution in [1.29, 1.82) is 0 Å². The maximum atomic E-state index is 12.6. The summed E-state index contributed by atoms with van der Waals surface area (Å²) >= 11 is 0. The van der Waals surface area contributed by atoms with Crippen LogP contribution >= 0.6 is 0 Å². The van der Waals surface area contributed by atoms with Gasteiger partial charge in [-0.3, -0.25) is 9.69 Å². The Morgan fingerprint density at radius 1 is 1.00 bits per heavy atom. The Bertz CT molecular complexity index is 786. The summed E-state index contributed by atoms with van der Waals surface area (Å²) in [6, 6.07) is 12.4. The molecule has 2 atom stereocenters. The van der Waals surface area contributed by atoms with Crippen molar-refractivity contribution >= 4 is 17.2 Å². The summed E-state index contributed by atoms with van der Waals surface area (Å²) in [4.78, 5) is 15.0. The molecule has 0 spiro atoms. The highest BCUT2D eigenvalue weighted by molar-refractivity contribution is 6.09. The first-order chi connectivity index (χ1) is 13.0. The topological polar surface area (TPSA) is 90.8 Å². The van der Waals surface area contributed by atoms with Gasteiger partial charge < -0.3 is 20.9 Å². The molecule has 3 rings (SSSR count). The molecule has 0 amide bonds. The number of carbonyl (C=O) groups is 1. The summed E-state index contributed by atoms with van der Waals surface area (Å²) < 4.78 is 11.5. The fourth-order valence-corrected chi connectivity index (χ4v) is 3.16. The van der Waals surface area contributed by atoms with Gasteiger partial charge in [-0.05, 0) is 56.3 Å². The maximum absolute atomic E-state index is 12.6. The number of ether oxygens (including phenoxy) is 2. The lowest BCUT2D eigenvalue weighted by molar-refractivity contribution is -0.00563. The minimum Gasteiger partial charge on any atom is -0.489 e. The maximum Gasteiger partial charge on any atom is 0.193 e. The average Bonchev–Trinajstić information content (AvgIpc) is 2.70. The zero-order chi connectivity index (χ0) is 19.4. The van der Waals surface area contributed by atoms with Crippen LogP contribution in [0, 0.1) is 0 Å². The molecule has 0 bridgehead atoms. The quantitative estimate of drug-likeness (QED) is 0.601. The van der Waals surface area contributed by atoms with Crippen LogP contribution in [0.25, 0.3) is 0 Å². The van der Waals surface area contributed by atoms with Crippen molar-refractivity contribution in [2.24, 2.45) is 0 Å². The number of nitrogens with zero attached hydrogens (tertiary/aromatic N) is 1. The second-order valence-corrected chi connectivity index (χ2v) is 6.91. The molecule has 0 radical (unpaired) electrons. The standard InChI is InChI=1S/C21H27N3O3/c1-14(24-9-11-26-12-10-24)15(2)27-18-6-3-16(4-7-18)21(25)17-5-8-19(22)20(23)13-17/h3-8,13-15H,9-12,22-23H2,1-2H3. The van der Waals surface area contributed by atoms with E-state index < -0.39 is 0 Å². The Balaban J connectivity index is 1.64. The SMILES string of the molecule is CC(Oc1ccc(C(=O)c2ccc(N)c(N)c2)cc1)C(C)N1CCOCC1. The molecule has 4 N–H and O–H groups in total. The summed E-state index contributed by atoms with van der Waals surface area (Å²) in [7, 11) is 0. The van der Waals surface area contributed by atoms with Gasteiger partial charge in [0.15, 0.2) is 5.78 Å². The molecule has 0 aromatic heterocycles. The van der Waals surface area contributed by atoms with E-state index in [1.165, 1.54) is 0 Å². The van der Waals surface area contributed by atoms with Crippen molar-refractivity contribution in [2.45, 2.75) is 26.0 Å². The van der Waals surface area contributed by atoms with Gasteiger partial charge in [0, 0.05) is 30.3 Å². The first-order valence-corrected chi connectivity index (χ1v) is 9.24. The molecule has 1 saturated heterocycles. The third-order valence-electron chi connectivity index (χ3n) is 5.09. The van der Waals surface area contributed by atoms with E-state index in [0.717, 1.165) is 32.1 Å². The van der Waals surface area contributed by atoms with Gasteiger partial charge in [-0.15, -0.1) is 0 Å². The van der Waals surface area contributed by atoms with Crippen molar-refractivity contribution < 1.29 is 14.3 Å². The fourth-order valence-electron chi connectivity index (χ4n) is 3.16. The molecule has 1 aliphatic rings. The predicted molar refractivity (Wildman–Crippen MR) is 107 cm³/mol. The van der Waals surface area contributed by atoms with Crippen LogP contribution in [-0.4, -0.2) is 49.1 Å². The number of benzene rings is 2. The molecule has 1 fully saturated rings. The van der Waals surface area contributed by atoms with Gasteiger partial charge in [0.05, 0.1) is 24.6 Å². The number of ketones is 1. The molecular formula is C21H27N3O3. The lowest BCUT2D eigenvalue weighted by Crippen LogP contribution is -2.48. The highest BCUT2D eigenvalue weighted by atomic mass is 16.5. The minimum atomic E-state index is -0.0945. The molecule has 6 nitrogen and oxygen atoms in total. The molecule has 2 unspecified atom stereocenters. The summed E-state index contributed by atoms with van der Waals surface area (Å²) in [6.07, 6.45) is 0.0292. The number of rotatable bonds is 6. The number of anilines is 2. The second kappa shape index (κ2) is 8.41. The smallest absolute Gasteiger partial charge is 0.193 e. The third kappa shape index (κ3) is 4.59. The number of nitrogens with two attached hydrogens (primary N) is 2. The average molecular weight is 369 g/mol. The van der Waals surface area contributed by atoms with E-state index in [4.69, 9.17) is 20.9 Å². The Hall–Kier alpha value is -2.57. The Morgan fingerprint density at radius 3 is 2.26 bits per heavy atom. The van der Waals surface area contributed by atoms with Gasteiger partial charge in [0.1, 0.15) is 11.9 Å². The Morgan fingerprint density at radius 2 is 1.63 bits per heavy atom. The summed E-state index contributed by atoms with van der Waals surface area (Å²) in [5, 5.41) is 0. The molecule has 1 heterocycles. The lowest BCUT2D eigenvalue weighted by Gasteiger charge is -2.35. The van der Waals surface area contributed by atoms with Crippen molar-refractivity contribution in [1.82, 2.24) is 4.90 Å². The Kier molecular flexibility index (Phi) is 5.98. The second-order valence-electron chi connectivity index (χ2n) is 6.91. The minimum absolute atomic E-state index is 0.0292. The zero-order valence-electron chi connectivity index (χ0n) is 15.9. The molecule has 6 heteroatoms. The van der Waals surface area contributed by atoms with Crippen molar-refractivity contribution in [3.63, 3.8) is 0 Å². The van der Waals surface area contributed by atoms with E-state index in [1.54, 1.807) is 30.3 Å². The van der Waals surface area contributed by atoms with Crippen LogP contribution in [-0.2, 0) is 4.74 Å². The number of hydrogen-bond acceptors (Lipinski definition) is 6. The highest BCUT2D eigenvalue weighted by Gasteiger charge is 2.23. The molecule has 2 aromatic carbocycles. The van der Waals surface area contributed by atoms with Gasteiger partial charge >= 0.3 is 0 Å². The number of hydrogen-bond donors (Lipinski definition) is 2. The van der Waals surface area contributed by atoms with E-state index >= 15 is 0 Å². The lowest BCUT2D eigenvalue weighted by atomic mass is 10.0. The van der Waals surface area contributed by atoms with E-state index in [1.807, 2.05) is 12.1 Å². The molecule has 2 aromatic rings. The highest BCUT2D eigenvalue weighted by Crippen LogP contribution is 2.21. The fraction of sp³-hybridized carbons (Fsp3) is 0.381. The van der Waals surface area contributed by atoms with Gasteiger partial charge in [-0.2, -0.15) is 0 Å². The normalized spacial score (nSPS) is 17.3. The molecule has 144 valence electrons. The predicted octanol–water partition coefficient (Wildman–Crippen LogP) is 2.57. The number of carbonyl (C=O) groups excluding carboxylic acids is 1. The van der Waals surface area contributed by atoms with E-state index in [-0.39, 0.29) is 17.9 Å². The van der Waals surface area contributed by atoms with E-state index in [0.29, 0.717) is 22.5 Å². The Labute approximate surface area is 160 Å². The molecular weight excluding hydrogens is 342 g/mol. The van der Waals surface area contributed by atoms with Crippen LogP contribution in [0.4, 0.5) is 11.4 Å². The largest absolute Gasteiger partial charge is 0.489 e. The van der Waals surface area contributed by atoms with E-state index in [2.05, 4.69) is 18.7 Å².